The Hall–Kier alpha value is -2.59. The Kier molecular flexibility index (Phi) is 3.82. The van der Waals surface area contributed by atoms with Gasteiger partial charge in [0, 0.05) is 49.0 Å². The summed E-state index contributed by atoms with van der Waals surface area (Å²) in [6.45, 7) is 4.18. The zero-order chi connectivity index (χ0) is 16.5. The molecule has 24 heavy (non-hydrogen) atoms. The Morgan fingerprint density at radius 1 is 0.875 bits per heavy atom. The van der Waals surface area contributed by atoms with Gasteiger partial charge in [-0.2, -0.15) is 0 Å². The van der Waals surface area contributed by atoms with E-state index in [4.69, 9.17) is 0 Å². The van der Waals surface area contributed by atoms with Gasteiger partial charge in [-0.25, -0.2) is 0 Å². The second kappa shape index (κ2) is 6.13. The van der Waals surface area contributed by atoms with Crippen LogP contribution in [0.5, 0.6) is 0 Å². The molecule has 0 bridgehead atoms. The second-order valence-corrected chi connectivity index (χ2v) is 6.36. The van der Waals surface area contributed by atoms with E-state index in [0.29, 0.717) is 5.56 Å². The number of fused-ring (bicyclic) bond motifs is 1. The largest absolute Gasteiger partial charge is 0.368 e. The van der Waals surface area contributed by atoms with Crippen LogP contribution >= 0.6 is 0 Å². The first-order valence-corrected chi connectivity index (χ1v) is 8.37. The average Bonchev–Trinajstić information content (AvgIpc) is 3.07. The number of likely N-dealkylation sites (N-methyl/N-ethyl adjacent to an activating group) is 1. The van der Waals surface area contributed by atoms with Crippen LogP contribution in [-0.2, 0) is 0 Å². The summed E-state index contributed by atoms with van der Waals surface area (Å²) in [5.74, 6) is 0.0149. The van der Waals surface area contributed by atoms with E-state index in [1.807, 2.05) is 48.7 Å². The van der Waals surface area contributed by atoms with Crippen LogP contribution in [0.4, 0.5) is 5.69 Å². The molecule has 1 aromatic heterocycles. The molecular weight excluding hydrogens is 298 g/mol. The molecule has 4 heteroatoms. The highest BCUT2D eigenvalue weighted by Gasteiger charge is 2.18. The molecule has 1 aliphatic rings. The van der Waals surface area contributed by atoms with Gasteiger partial charge in [0.2, 0.25) is 0 Å². The standard InChI is InChI=1S/C20H21N3O/c1-21-12-14-22(15-13-21)18-8-5-9-19-17(18)10-11-23(19)20(24)16-6-3-2-4-7-16/h2-11H,12-15H2,1H3. The van der Waals surface area contributed by atoms with Gasteiger partial charge < -0.3 is 9.80 Å². The lowest BCUT2D eigenvalue weighted by Gasteiger charge is -2.34. The number of hydrogen-bond donors (Lipinski definition) is 0. The summed E-state index contributed by atoms with van der Waals surface area (Å²) in [6, 6.07) is 17.7. The minimum Gasteiger partial charge on any atom is -0.368 e. The molecule has 0 radical (unpaired) electrons. The number of hydrogen-bond acceptors (Lipinski definition) is 3. The molecule has 1 aliphatic heterocycles. The molecule has 4 nitrogen and oxygen atoms in total. The first-order valence-electron chi connectivity index (χ1n) is 8.37. The normalized spacial score (nSPS) is 15.8. The van der Waals surface area contributed by atoms with Crippen molar-refractivity contribution in [1.29, 1.82) is 0 Å². The lowest BCUT2D eigenvalue weighted by molar-refractivity contribution is 0.0965. The number of piperazine rings is 1. The van der Waals surface area contributed by atoms with Crippen LogP contribution in [0.1, 0.15) is 10.4 Å². The highest BCUT2D eigenvalue weighted by Crippen LogP contribution is 2.29. The number of carbonyl (C=O) groups is 1. The first-order chi connectivity index (χ1) is 11.7. The van der Waals surface area contributed by atoms with Crippen LogP contribution < -0.4 is 4.90 Å². The maximum absolute atomic E-state index is 12.8. The van der Waals surface area contributed by atoms with E-state index in [0.717, 1.165) is 37.1 Å². The molecule has 0 unspecified atom stereocenters. The molecule has 0 N–H and O–H groups in total. The Balaban J connectivity index is 1.73. The third-order valence-corrected chi connectivity index (χ3v) is 4.79. The smallest absolute Gasteiger partial charge is 0.262 e. The lowest BCUT2D eigenvalue weighted by atomic mass is 10.1. The van der Waals surface area contributed by atoms with Gasteiger partial charge in [-0.15, -0.1) is 0 Å². The van der Waals surface area contributed by atoms with Gasteiger partial charge in [0.25, 0.3) is 5.91 Å². The van der Waals surface area contributed by atoms with Gasteiger partial charge in [0.1, 0.15) is 0 Å². The van der Waals surface area contributed by atoms with Crippen LogP contribution in [0.2, 0.25) is 0 Å². The fraction of sp³-hybridized carbons (Fsp3) is 0.250. The predicted molar refractivity (Wildman–Crippen MR) is 97.8 cm³/mol. The molecule has 0 amide bonds. The Labute approximate surface area is 141 Å². The number of aromatic nitrogens is 1. The molecule has 1 fully saturated rings. The lowest BCUT2D eigenvalue weighted by Crippen LogP contribution is -2.44. The summed E-state index contributed by atoms with van der Waals surface area (Å²) in [5.41, 5.74) is 2.90. The van der Waals surface area contributed by atoms with Crippen molar-refractivity contribution in [1.82, 2.24) is 9.47 Å². The third kappa shape index (κ3) is 2.59. The van der Waals surface area contributed by atoms with Crippen LogP contribution in [0, 0.1) is 0 Å². The van der Waals surface area contributed by atoms with Crippen molar-refractivity contribution in [2.75, 3.05) is 38.1 Å². The molecule has 3 aromatic rings. The highest BCUT2D eigenvalue weighted by molar-refractivity contribution is 6.04. The van der Waals surface area contributed by atoms with Crippen molar-refractivity contribution in [3.63, 3.8) is 0 Å². The van der Waals surface area contributed by atoms with Crippen molar-refractivity contribution in [3.05, 3.63) is 66.4 Å². The average molecular weight is 319 g/mol. The van der Waals surface area contributed by atoms with Gasteiger partial charge >= 0.3 is 0 Å². The van der Waals surface area contributed by atoms with Gasteiger partial charge in [0.05, 0.1) is 5.52 Å². The molecule has 4 rings (SSSR count). The Morgan fingerprint density at radius 3 is 2.38 bits per heavy atom. The van der Waals surface area contributed by atoms with E-state index >= 15 is 0 Å². The van der Waals surface area contributed by atoms with E-state index in [2.05, 4.69) is 29.0 Å². The second-order valence-electron chi connectivity index (χ2n) is 6.36. The number of nitrogens with zero attached hydrogens (tertiary/aromatic N) is 3. The number of carbonyl (C=O) groups excluding carboxylic acids is 1. The van der Waals surface area contributed by atoms with E-state index in [1.54, 1.807) is 4.57 Å². The minimum absolute atomic E-state index is 0.0149. The zero-order valence-electron chi connectivity index (χ0n) is 13.9. The zero-order valence-corrected chi connectivity index (χ0v) is 13.9. The van der Waals surface area contributed by atoms with Crippen molar-refractivity contribution >= 4 is 22.5 Å². The summed E-state index contributed by atoms with van der Waals surface area (Å²) in [7, 11) is 2.16. The van der Waals surface area contributed by atoms with Crippen LogP contribution in [-0.4, -0.2) is 48.6 Å². The van der Waals surface area contributed by atoms with E-state index in [-0.39, 0.29) is 5.91 Å². The summed E-state index contributed by atoms with van der Waals surface area (Å²) < 4.78 is 1.75. The SMILES string of the molecule is CN1CCN(c2cccc3c2ccn3C(=O)c2ccccc2)CC1. The summed E-state index contributed by atoms with van der Waals surface area (Å²) in [4.78, 5) is 17.6. The molecule has 0 saturated carbocycles. The first kappa shape index (κ1) is 15.0. The number of benzene rings is 2. The van der Waals surface area contributed by atoms with Gasteiger partial charge in [-0.05, 0) is 37.4 Å². The summed E-state index contributed by atoms with van der Waals surface area (Å²) in [6.07, 6.45) is 1.89. The van der Waals surface area contributed by atoms with Crippen molar-refractivity contribution in [3.8, 4) is 0 Å². The van der Waals surface area contributed by atoms with Crippen LogP contribution in [0.25, 0.3) is 10.9 Å². The van der Waals surface area contributed by atoms with E-state index in [9.17, 15) is 4.79 Å². The van der Waals surface area contributed by atoms with E-state index in [1.165, 1.54) is 5.69 Å². The van der Waals surface area contributed by atoms with Crippen molar-refractivity contribution in [2.45, 2.75) is 0 Å². The molecule has 1 saturated heterocycles. The quantitative estimate of drug-likeness (QED) is 0.727. The molecule has 0 aliphatic carbocycles. The molecule has 122 valence electrons. The van der Waals surface area contributed by atoms with Gasteiger partial charge in [-0.1, -0.05) is 24.3 Å². The topological polar surface area (TPSA) is 28.5 Å². The Bertz CT molecular complexity index is 861. The maximum Gasteiger partial charge on any atom is 0.262 e. The molecule has 0 atom stereocenters. The maximum atomic E-state index is 12.8. The fourth-order valence-corrected chi connectivity index (χ4v) is 3.37. The van der Waals surface area contributed by atoms with Gasteiger partial charge in [-0.3, -0.25) is 9.36 Å². The number of rotatable bonds is 2. The summed E-state index contributed by atoms with van der Waals surface area (Å²) in [5, 5.41) is 1.14. The minimum atomic E-state index is 0.0149. The van der Waals surface area contributed by atoms with Crippen molar-refractivity contribution < 1.29 is 4.79 Å². The van der Waals surface area contributed by atoms with Crippen LogP contribution in [0.3, 0.4) is 0 Å². The summed E-state index contributed by atoms with van der Waals surface area (Å²) >= 11 is 0. The van der Waals surface area contributed by atoms with Gasteiger partial charge in [0.15, 0.2) is 0 Å². The van der Waals surface area contributed by atoms with Crippen LogP contribution in [0.15, 0.2) is 60.8 Å². The number of anilines is 1. The third-order valence-electron chi connectivity index (χ3n) is 4.79. The fourth-order valence-electron chi connectivity index (χ4n) is 3.37. The molecule has 0 spiro atoms. The monoisotopic (exact) mass is 319 g/mol. The molecular formula is C20H21N3O. The Morgan fingerprint density at radius 2 is 1.62 bits per heavy atom. The van der Waals surface area contributed by atoms with E-state index < -0.39 is 0 Å². The predicted octanol–water partition coefficient (Wildman–Crippen LogP) is 3.08. The molecule has 2 aromatic carbocycles. The highest BCUT2D eigenvalue weighted by atomic mass is 16.2. The van der Waals surface area contributed by atoms with Crippen molar-refractivity contribution in [2.24, 2.45) is 0 Å². The molecule has 2 heterocycles.